The number of fused-ring (bicyclic) bond motifs is 1. The van der Waals surface area contributed by atoms with Crippen molar-refractivity contribution in [2.24, 2.45) is 0 Å². The van der Waals surface area contributed by atoms with E-state index in [-0.39, 0.29) is 0 Å². The van der Waals surface area contributed by atoms with Crippen LogP contribution < -0.4 is 0 Å². The van der Waals surface area contributed by atoms with Gasteiger partial charge in [0, 0.05) is 13.1 Å². The average molecular weight is 245 g/mol. The van der Waals surface area contributed by atoms with Gasteiger partial charge in [0.2, 0.25) is 0 Å². The van der Waals surface area contributed by atoms with Crippen LogP contribution in [-0.2, 0) is 12.7 Å². The van der Waals surface area contributed by atoms with E-state index in [1.54, 1.807) is 0 Å². The molecule has 0 fully saturated rings. The van der Waals surface area contributed by atoms with Gasteiger partial charge >= 0.3 is 6.18 Å². The van der Waals surface area contributed by atoms with Crippen LogP contribution in [0.1, 0.15) is 29.7 Å². The van der Waals surface area contributed by atoms with Crippen molar-refractivity contribution in [3.05, 3.63) is 34.9 Å². The van der Waals surface area contributed by atoms with Gasteiger partial charge in [0.15, 0.2) is 0 Å². The van der Waals surface area contributed by atoms with Crippen molar-refractivity contribution in [3.8, 4) is 0 Å². The largest absolute Gasteiger partial charge is 0.416 e. The van der Waals surface area contributed by atoms with E-state index in [1.165, 1.54) is 6.07 Å². The first-order valence-electron chi connectivity index (χ1n) is 5.52. The molecule has 17 heavy (non-hydrogen) atoms. The van der Waals surface area contributed by atoms with Gasteiger partial charge in [-0.2, -0.15) is 13.2 Å². The van der Waals surface area contributed by atoms with Crippen LogP contribution in [0.5, 0.6) is 0 Å². The molecule has 1 aliphatic rings. The summed E-state index contributed by atoms with van der Waals surface area (Å²) < 4.78 is 37.7. The van der Waals surface area contributed by atoms with E-state index in [9.17, 15) is 18.3 Å². The van der Waals surface area contributed by atoms with Crippen LogP contribution in [0.3, 0.4) is 0 Å². The van der Waals surface area contributed by atoms with Crippen molar-refractivity contribution in [1.82, 2.24) is 4.90 Å². The molecule has 1 aromatic rings. The normalized spacial score (nSPS) is 21.4. The second kappa shape index (κ2) is 4.31. The molecule has 0 amide bonds. The van der Waals surface area contributed by atoms with Crippen LogP contribution in [-0.4, -0.2) is 23.1 Å². The quantitative estimate of drug-likeness (QED) is 0.822. The van der Waals surface area contributed by atoms with Crippen LogP contribution in [0.15, 0.2) is 18.2 Å². The summed E-state index contributed by atoms with van der Waals surface area (Å²) in [4.78, 5) is 1.92. The van der Waals surface area contributed by atoms with Gasteiger partial charge in [-0.15, -0.1) is 0 Å². The van der Waals surface area contributed by atoms with Gasteiger partial charge in [-0.05, 0) is 29.8 Å². The zero-order valence-electron chi connectivity index (χ0n) is 9.46. The third-order valence-corrected chi connectivity index (χ3v) is 3.10. The molecule has 2 rings (SSSR count). The van der Waals surface area contributed by atoms with E-state index < -0.39 is 17.8 Å². The first kappa shape index (κ1) is 12.4. The van der Waals surface area contributed by atoms with Crippen molar-refractivity contribution in [1.29, 1.82) is 0 Å². The average Bonchev–Trinajstić information content (AvgIpc) is 2.27. The lowest BCUT2D eigenvalue weighted by Gasteiger charge is -2.31. The highest BCUT2D eigenvalue weighted by molar-refractivity contribution is 5.36. The fraction of sp³-hybridized carbons (Fsp3) is 0.500. The molecule has 94 valence electrons. The molecule has 2 nitrogen and oxygen atoms in total. The Bertz CT molecular complexity index is 417. The number of hydrogen-bond acceptors (Lipinski definition) is 2. The van der Waals surface area contributed by atoms with E-state index in [4.69, 9.17) is 0 Å². The Balaban J connectivity index is 2.38. The number of aliphatic hydroxyl groups is 1. The summed E-state index contributed by atoms with van der Waals surface area (Å²) in [7, 11) is 0. The van der Waals surface area contributed by atoms with Gasteiger partial charge in [0.25, 0.3) is 0 Å². The van der Waals surface area contributed by atoms with Crippen molar-refractivity contribution < 1.29 is 18.3 Å². The molecule has 0 saturated heterocycles. The Morgan fingerprint density at radius 3 is 2.71 bits per heavy atom. The monoisotopic (exact) mass is 245 g/mol. The first-order chi connectivity index (χ1) is 7.91. The van der Waals surface area contributed by atoms with E-state index in [1.807, 2.05) is 11.8 Å². The molecule has 5 heteroatoms. The number of aliphatic hydroxyl groups excluding tert-OH is 1. The Hall–Kier alpha value is -1.07. The fourth-order valence-corrected chi connectivity index (χ4v) is 2.13. The van der Waals surface area contributed by atoms with E-state index in [2.05, 4.69) is 0 Å². The molecular formula is C12H14F3NO. The van der Waals surface area contributed by atoms with Crippen LogP contribution >= 0.6 is 0 Å². The van der Waals surface area contributed by atoms with Crippen LogP contribution in [0, 0.1) is 0 Å². The van der Waals surface area contributed by atoms with Gasteiger partial charge in [0.1, 0.15) is 0 Å². The fourth-order valence-electron chi connectivity index (χ4n) is 2.13. The summed E-state index contributed by atoms with van der Waals surface area (Å²) in [6.45, 7) is 3.58. The second-order valence-corrected chi connectivity index (χ2v) is 4.25. The van der Waals surface area contributed by atoms with E-state index in [0.717, 1.165) is 12.1 Å². The molecule has 0 saturated carbocycles. The van der Waals surface area contributed by atoms with Crippen molar-refractivity contribution in [3.63, 3.8) is 0 Å². The number of nitrogens with zero attached hydrogens (tertiary/aromatic N) is 1. The zero-order chi connectivity index (χ0) is 12.6. The molecule has 1 aromatic carbocycles. The minimum atomic E-state index is -4.32. The minimum absolute atomic E-state index is 0.465. The first-order valence-corrected chi connectivity index (χ1v) is 5.52. The highest BCUT2D eigenvalue weighted by Crippen LogP contribution is 2.34. The van der Waals surface area contributed by atoms with Gasteiger partial charge < -0.3 is 5.11 Å². The topological polar surface area (TPSA) is 23.5 Å². The summed E-state index contributed by atoms with van der Waals surface area (Å²) in [5.41, 5.74) is 0.532. The molecule has 0 radical (unpaired) electrons. The number of halogens is 3. The smallest absolute Gasteiger partial charge is 0.387 e. The molecule has 1 N–H and O–H groups in total. The minimum Gasteiger partial charge on any atom is -0.387 e. The number of rotatable bonds is 1. The lowest BCUT2D eigenvalue weighted by Crippen LogP contribution is -2.33. The maximum Gasteiger partial charge on any atom is 0.416 e. The van der Waals surface area contributed by atoms with Crippen molar-refractivity contribution in [2.45, 2.75) is 25.7 Å². The van der Waals surface area contributed by atoms with E-state index >= 15 is 0 Å². The molecule has 0 bridgehead atoms. The predicted octanol–water partition coefficient (Wildman–Crippen LogP) is 2.57. The molecule has 1 heterocycles. The molecule has 1 atom stereocenters. The van der Waals surface area contributed by atoms with Crippen molar-refractivity contribution in [2.75, 3.05) is 13.1 Å². The van der Waals surface area contributed by atoms with Crippen LogP contribution in [0.4, 0.5) is 13.2 Å². The summed E-state index contributed by atoms with van der Waals surface area (Å²) in [5, 5.41) is 9.83. The number of hydrogen-bond donors (Lipinski definition) is 1. The third-order valence-electron chi connectivity index (χ3n) is 3.10. The highest BCUT2D eigenvalue weighted by atomic mass is 19.4. The molecular weight excluding hydrogens is 231 g/mol. The molecule has 0 spiro atoms. The number of β-amino-alcohol motifs (C(OH)–C–C–N with tert-alkyl or cyclic N) is 1. The van der Waals surface area contributed by atoms with Crippen LogP contribution in [0.25, 0.3) is 0 Å². The molecule has 0 aromatic heterocycles. The molecule has 0 unspecified atom stereocenters. The van der Waals surface area contributed by atoms with Crippen LogP contribution in [0.2, 0.25) is 0 Å². The Morgan fingerprint density at radius 2 is 2.12 bits per heavy atom. The maximum atomic E-state index is 12.6. The van der Waals surface area contributed by atoms with Gasteiger partial charge in [-0.1, -0.05) is 13.0 Å². The number of benzene rings is 1. The highest BCUT2D eigenvalue weighted by Gasteiger charge is 2.32. The van der Waals surface area contributed by atoms with Gasteiger partial charge in [-0.25, -0.2) is 0 Å². The number of likely N-dealkylation sites (N-methyl/N-ethyl adjacent to an activating group) is 1. The molecule has 1 aliphatic heterocycles. The summed E-state index contributed by atoms with van der Waals surface area (Å²) in [5.74, 6) is 0. The SMILES string of the molecule is CCN1Cc2cc(C(F)(F)F)ccc2[C@H](O)C1. The zero-order valence-corrected chi connectivity index (χ0v) is 9.46. The Kier molecular flexibility index (Phi) is 3.14. The Morgan fingerprint density at radius 1 is 1.41 bits per heavy atom. The van der Waals surface area contributed by atoms with Crippen molar-refractivity contribution >= 4 is 0 Å². The lowest BCUT2D eigenvalue weighted by atomic mass is 9.95. The summed E-state index contributed by atoms with van der Waals surface area (Å²) in [6, 6.07) is 3.56. The molecule has 0 aliphatic carbocycles. The lowest BCUT2D eigenvalue weighted by molar-refractivity contribution is -0.137. The number of alkyl halides is 3. The maximum absolute atomic E-state index is 12.6. The van der Waals surface area contributed by atoms with Gasteiger partial charge in [-0.3, -0.25) is 4.90 Å². The summed E-state index contributed by atoms with van der Waals surface area (Å²) in [6.07, 6.45) is -5.02. The summed E-state index contributed by atoms with van der Waals surface area (Å²) >= 11 is 0. The standard InChI is InChI=1S/C12H14F3NO/c1-2-16-6-8-5-9(12(13,14)15)3-4-10(8)11(17)7-16/h3-5,11,17H,2,6-7H2,1H3/t11-/m1/s1. The Labute approximate surface area is 97.7 Å². The second-order valence-electron chi connectivity index (χ2n) is 4.25. The van der Waals surface area contributed by atoms with Gasteiger partial charge in [0.05, 0.1) is 11.7 Å². The predicted molar refractivity (Wildman–Crippen MR) is 57.4 cm³/mol. The van der Waals surface area contributed by atoms with E-state index in [0.29, 0.717) is 30.8 Å². The third kappa shape index (κ3) is 2.45.